The third-order valence-corrected chi connectivity index (χ3v) is 5.27. The van der Waals surface area contributed by atoms with Gasteiger partial charge in [-0.3, -0.25) is 9.89 Å². The van der Waals surface area contributed by atoms with Crippen molar-refractivity contribution in [1.29, 1.82) is 0 Å². The first kappa shape index (κ1) is 14.7. The fourth-order valence-electron chi connectivity index (χ4n) is 3.59. The van der Waals surface area contributed by atoms with Crippen LogP contribution < -0.4 is 10.6 Å². The SMILES string of the molecule is O=C(Nc1ccc2nc(C3CCC3)[nH]c2c1)c1n[nH]c2c1CNCC2. The lowest BCUT2D eigenvalue weighted by molar-refractivity contribution is 0.102. The van der Waals surface area contributed by atoms with Crippen LogP contribution in [0.2, 0.25) is 0 Å². The fourth-order valence-corrected chi connectivity index (χ4v) is 3.59. The minimum Gasteiger partial charge on any atom is -0.342 e. The van der Waals surface area contributed by atoms with Crippen molar-refractivity contribution < 1.29 is 4.79 Å². The molecular weight excluding hydrogens is 316 g/mol. The number of benzene rings is 1. The van der Waals surface area contributed by atoms with E-state index in [4.69, 9.17) is 0 Å². The molecule has 1 aromatic carbocycles. The monoisotopic (exact) mass is 336 g/mol. The molecule has 25 heavy (non-hydrogen) atoms. The van der Waals surface area contributed by atoms with Crippen LogP contribution >= 0.6 is 0 Å². The van der Waals surface area contributed by atoms with E-state index in [0.717, 1.165) is 46.8 Å². The molecule has 128 valence electrons. The highest BCUT2D eigenvalue weighted by Crippen LogP contribution is 2.35. The highest BCUT2D eigenvalue weighted by molar-refractivity contribution is 6.04. The highest BCUT2D eigenvalue weighted by Gasteiger charge is 2.23. The molecule has 1 aliphatic heterocycles. The second kappa shape index (κ2) is 5.70. The van der Waals surface area contributed by atoms with Crippen LogP contribution in [0.15, 0.2) is 18.2 Å². The Morgan fingerprint density at radius 1 is 1.28 bits per heavy atom. The van der Waals surface area contributed by atoms with E-state index in [1.165, 1.54) is 19.3 Å². The van der Waals surface area contributed by atoms with E-state index in [1.807, 2.05) is 18.2 Å². The summed E-state index contributed by atoms with van der Waals surface area (Å²) in [6, 6.07) is 5.79. The standard InChI is InChI=1S/C18H20N6O/c25-18(16-12-9-19-7-6-13(12)23-24-16)20-11-4-5-14-15(8-11)22-17(21-14)10-2-1-3-10/h4-5,8,10,19H,1-3,6-7,9H2,(H,20,25)(H,21,22)(H,23,24). The molecule has 4 N–H and O–H groups in total. The average Bonchev–Trinajstić information content (AvgIpc) is 3.16. The van der Waals surface area contributed by atoms with E-state index >= 15 is 0 Å². The van der Waals surface area contributed by atoms with E-state index in [-0.39, 0.29) is 5.91 Å². The molecule has 0 unspecified atom stereocenters. The summed E-state index contributed by atoms with van der Waals surface area (Å²) >= 11 is 0. The third kappa shape index (κ3) is 2.51. The zero-order valence-electron chi connectivity index (χ0n) is 13.9. The Labute approximate surface area is 144 Å². The van der Waals surface area contributed by atoms with Crippen molar-refractivity contribution >= 4 is 22.6 Å². The molecule has 1 fully saturated rings. The summed E-state index contributed by atoms with van der Waals surface area (Å²) in [5.74, 6) is 1.45. The Hall–Kier alpha value is -2.67. The lowest BCUT2D eigenvalue weighted by Gasteiger charge is -2.22. The Kier molecular flexibility index (Phi) is 3.34. The number of imidazole rings is 1. The number of hydrogen-bond donors (Lipinski definition) is 4. The van der Waals surface area contributed by atoms with Gasteiger partial charge >= 0.3 is 0 Å². The Bertz CT molecular complexity index is 952. The Morgan fingerprint density at radius 2 is 2.20 bits per heavy atom. The van der Waals surface area contributed by atoms with Gasteiger partial charge in [-0.15, -0.1) is 0 Å². The number of hydrogen-bond acceptors (Lipinski definition) is 4. The van der Waals surface area contributed by atoms with Gasteiger partial charge in [0.05, 0.1) is 11.0 Å². The lowest BCUT2D eigenvalue weighted by Crippen LogP contribution is -2.25. The van der Waals surface area contributed by atoms with Crippen LogP contribution in [0.4, 0.5) is 5.69 Å². The van der Waals surface area contributed by atoms with Gasteiger partial charge in [0.1, 0.15) is 5.82 Å². The molecule has 0 saturated heterocycles. The van der Waals surface area contributed by atoms with E-state index in [9.17, 15) is 4.79 Å². The molecule has 1 amide bonds. The normalized spacial score (nSPS) is 17.3. The summed E-state index contributed by atoms with van der Waals surface area (Å²) in [6.45, 7) is 1.59. The van der Waals surface area contributed by atoms with Crippen molar-refractivity contribution in [2.75, 3.05) is 11.9 Å². The zero-order chi connectivity index (χ0) is 16.8. The molecule has 7 nitrogen and oxygen atoms in total. The predicted molar refractivity (Wildman–Crippen MR) is 94.6 cm³/mol. The van der Waals surface area contributed by atoms with Crippen LogP contribution in [0.5, 0.6) is 0 Å². The average molecular weight is 336 g/mol. The molecular formula is C18H20N6O. The summed E-state index contributed by atoms with van der Waals surface area (Å²) < 4.78 is 0. The smallest absolute Gasteiger partial charge is 0.276 e. The zero-order valence-corrected chi connectivity index (χ0v) is 13.9. The molecule has 3 heterocycles. The molecule has 1 saturated carbocycles. The summed E-state index contributed by atoms with van der Waals surface area (Å²) in [5.41, 5.74) is 5.16. The summed E-state index contributed by atoms with van der Waals surface area (Å²) in [5, 5.41) is 13.4. The molecule has 1 aliphatic carbocycles. The molecule has 5 rings (SSSR count). The number of H-pyrrole nitrogens is 2. The van der Waals surface area contributed by atoms with Gasteiger partial charge in [-0.2, -0.15) is 5.10 Å². The van der Waals surface area contributed by atoms with Crippen LogP contribution in [-0.2, 0) is 13.0 Å². The topological polar surface area (TPSA) is 98.5 Å². The molecule has 0 radical (unpaired) electrons. The molecule has 0 atom stereocenters. The lowest BCUT2D eigenvalue weighted by atomic mass is 9.85. The maximum Gasteiger partial charge on any atom is 0.276 e. The summed E-state index contributed by atoms with van der Waals surface area (Å²) in [6.07, 6.45) is 4.58. The number of aromatic nitrogens is 4. The van der Waals surface area contributed by atoms with Gasteiger partial charge in [-0.05, 0) is 31.0 Å². The van der Waals surface area contributed by atoms with E-state index in [1.54, 1.807) is 0 Å². The molecule has 3 aromatic rings. The maximum absolute atomic E-state index is 12.6. The minimum atomic E-state index is -0.181. The fraction of sp³-hybridized carbons (Fsp3) is 0.389. The Balaban J connectivity index is 1.39. The summed E-state index contributed by atoms with van der Waals surface area (Å²) in [4.78, 5) is 20.7. The van der Waals surface area contributed by atoms with E-state index < -0.39 is 0 Å². The van der Waals surface area contributed by atoms with Crippen LogP contribution in [0, 0.1) is 0 Å². The number of nitrogens with zero attached hydrogens (tertiary/aromatic N) is 2. The molecule has 2 aliphatic rings. The first-order valence-electron chi connectivity index (χ1n) is 8.86. The van der Waals surface area contributed by atoms with E-state index in [0.29, 0.717) is 18.2 Å². The molecule has 2 aromatic heterocycles. The van der Waals surface area contributed by atoms with Crippen molar-refractivity contribution in [3.05, 3.63) is 41.0 Å². The predicted octanol–water partition coefficient (Wildman–Crippen LogP) is 2.45. The number of rotatable bonds is 3. The number of amides is 1. The number of carbonyl (C=O) groups excluding carboxylic acids is 1. The molecule has 0 bridgehead atoms. The maximum atomic E-state index is 12.6. The second-order valence-corrected chi connectivity index (χ2v) is 6.89. The van der Waals surface area contributed by atoms with Gasteiger partial charge in [-0.1, -0.05) is 6.42 Å². The quantitative estimate of drug-likeness (QED) is 0.590. The van der Waals surface area contributed by atoms with E-state index in [2.05, 4.69) is 30.8 Å². The number of nitrogens with one attached hydrogen (secondary N) is 4. The largest absolute Gasteiger partial charge is 0.342 e. The van der Waals surface area contributed by atoms with Crippen LogP contribution in [0.3, 0.4) is 0 Å². The van der Waals surface area contributed by atoms with Crippen molar-refractivity contribution in [3.63, 3.8) is 0 Å². The van der Waals surface area contributed by atoms with Crippen molar-refractivity contribution in [1.82, 2.24) is 25.5 Å². The molecule has 7 heteroatoms. The number of fused-ring (bicyclic) bond motifs is 2. The first-order valence-corrected chi connectivity index (χ1v) is 8.86. The number of anilines is 1. The van der Waals surface area contributed by atoms with Crippen LogP contribution in [0.25, 0.3) is 11.0 Å². The van der Waals surface area contributed by atoms with Crippen molar-refractivity contribution in [2.24, 2.45) is 0 Å². The highest BCUT2D eigenvalue weighted by atomic mass is 16.1. The Morgan fingerprint density at radius 3 is 3.04 bits per heavy atom. The van der Waals surface area contributed by atoms with Gasteiger partial charge in [0.25, 0.3) is 5.91 Å². The summed E-state index contributed by atoms with van der Waals surface area (Å²) in [7, 11) is 0. The molecule has 0 spiro atoms. The van der Waals surface area contributed by atoms with Crippen molar-refractivity contribution in [2.45, 2.75) is 38.1 Å². The van der Waals surface area contributed by atoms with Gasteiger partial charge in [-0.25, -0.2) is 4.98 Å². The first-order chi connectivity index (χ1) is 12.3. The van der Waals surface area contributed by atoms with Crippen LogP contribution in [0.1, 0.15) is 52.8 Å². The minimum absolute atomic E-state index is 0.181. The number of aromatic amines is 2. The van der Waals surface area contributed by atoms with Gasteiger partial charge < -0.3 is 15.6 Å². The van der Waals surface area contributed by atoms with Gasteiger partial charge in [0.2, 0.25) is 0 Å². The third-order valence-electron chi connectivity index (χ3n) is 5.27. The second-order valence-electron chi connectivity index (χ2n) is 6.89. The van der Waals surface area contributed by atoms with Crippen molar-refractivity contribution in [3.8, 4) is 0 Å². The van der Waals surface area contributed by atoms with Crippen LogP contribution in [-0.4, -0.2) is 32.6 Å². The number of carbonyl (C=O) groups is 1. The van der Waals surface area contributed by atoms with Gasteiger partial charge in [0.15, 0.2) is 5.69 Å². The van der Waals surface area contributed by atoms with Gasteiger partial charge in [0, 0.05) is 42.4 Å².